The first kappa shape index (κ1) is 21.0. The molecule has 1 N–H and O–H groups in total. The first-order valence-electron chi connectivity index (χ1n) is 11.9. The summed E-state index contributed by atoms with van der Waals surface area (Å²) in [6.07, 6.45) is 6.52. The van der Waals surface area contributed by atoms with Gasteiger partial charge in [-0.2, -0.15) is 0 Å². The third kappa shape index (κ3) is 3.44. The molecule has 3 atom stereocenters. The van der Waals surface area contributed by atoms with Gasteiger partial charge in [-0.15, -0.1) is 0 Å². The van der Waals surface area contributed by atoms with Gasteiger partial charge in [0.05, 0.1) is 34.7 Å². The molecule has 176 valence electrons. The number of nitrogens with one attached hydrogen (secondary N) is 1. The maximum atomic E-state index is 16.0. The molecule has 8 nitrogen and oxygen atoms in total. The fourth-order valence-electron chi connectivity index (χ4n) is 6.11. The Morgan fingerprint density at radius 1 is 1.21 bits per heavy atom. The van der Waals surface area contributed by atoms with Crippen molar-refractivity contribution in [1.29, 1.82) is 0 Å². The third-order valence-electron chi connectivity index (χ3n) is 7.50. The summed E-state index contributed by atoms with van der Waals surface area (Å²) in [5, 5.41) is 8.28. The van der Waals surface area contributed by atoms with Crippen molar-refractivity contribution in [2.45, 2.75) is 51.4 Å². The van der Waals surface area contributed by atoms with Crippen LogP contribution in [0.4, 0.5) is 15.9 Å². The van der Waals surface area contributed by atoms with Crippen LogP contribution < -0.4 is 10.2 Å². The Kier molecular flexibility index (Phi) is 5.14. The summed E-state index contributed by atoms with van der Waals surface area (Å²) < 4.78 is 33.2. The predicted octanol–water partition coefficient (Wildman–Crippen LogP) is 3.44. The molecule has 0 aliphatic carbocycles. The van der Waals surface area contributed by atoms with E-state index in [1.165, 1.54) is 0 Å². The molecule has 0 saturated carbocycles. The van der Waals surface area contributed by atoms with E-state index in [1.54, 1.807) is 0 Å². The molecule has 1 aromatic carbocycles. The number of rotatable bonds is 3. The number of ether oxygens (including phenoxy) is 2. The summed E-state index contributed by atoms with van der Waals surface area (Å²) in [7, 11) is 0. The summed E-state index contributed by atoms with van der Waals surface area (Å²) in [6, 6.07) is 1.95. The highest BCUT2D eigenvalue weighted by atomic mass is 19.1. The summed E-state index contributed by atoms with van der Waals surface area (Å²) >= 11 is 0. The van der Waals surface area contributed by atoms with Gasteiger partial charge in [0.25, 0.3) is 0 Å². The summed E-state index contributed by atoms with van der Waals surface area (Å²) in [5.74, 6) is 0.770. The molecule has 0 amide bonds. The lowest BCUT2D eigenvalue weighted by Crippen LogP contribution is -2.65. The van der Waals surface area contributed by atoms with Gasteiger partial charge in [0.15, 0.2) is 11.6 Å². The molecule has 0 bridgehead atoms. The minimum atomic E-state index is -0.433. The molecular formula is C24H30FN5O3. The van der Waals surface area contributed by atoms with Crippen LogP contribution in [0.2, 0.25) is 0 Å². The lowest BCUT2D eigenvalue weighted by atomic mass is 9.69. The van der Waals surface area contributed by atoms with Gasteiger partial charge in [0, 0.05) is 38.7 Å². The van der Waals surface area contributed by atoms with Crippen LogP contribution in [-0.2, 0) is 15.9 Å². The molecule has 1 spiro atoms. The van der Waals surface area contributed by atoms with Gasteiger partial charge in [-0.25, -0.2) is 4.39 Å². The smallest absolute Gasteiger partial charge is 0.206 e. The van der Waals surface area contributed by atoms with E-state index in [0.29, 0.717) is 42.4 Å². The van der Waals surface area contributed by atoms with Crippen LogP contribution >= 0.6 is 0 Å². The van der Waals surface area contributed by atoms with Crippen LogP contribution in [0.25, 0.3) is 11.0 Å². The van der Waals surface area contributed by atoms with Crippen molar-refractivity contribution in [2.24, 2.45) is 21.3 Å². The van der Waals surface area contributed by atoms with E-state index < -0.39 is 5.41 Å². The molecule has 2 aromatic rings. The second kappa shape index (κ2) is 8.06. The van der Waals surface area contributed by atoms with Crippen molar-refractivity contribution in [1.82, 2.24) is 5.16 Å². The average molecular weight is 456 g/mol. The van der Waals surface area contributed by atoms with Crippen LogP contribution in [0.3, 0.4) is 0 Å². The molecule has 2 fully saturated rings. The molecule has 33 heavy (non-hydrogen) atoms. The summed E-state index contributed by atoms with van der Waals surface area (Å²) in [4.78, 5) is 11.1. The Labute approximate surface area is 192 Å². The zero-order chi connectivity index (χ0) is 22.6. The highest BCUT2D eigenvalue weighted by molar-refractivity contribution is 5.97. The summed E-state index contributed by atoms with van der Waals surface area (Å²) in [6.45, 7) is 7.46. The first-order valence-corrected chi connectivity index (χ1v) is 11.9. The minimum absolute atomic E-state index is 0.0155. The number of aliphatic imine (C=N–C) groups is 2. The second-order valence-corrected chi connectivity index (χ2v) is 9.85. The minimum Gasteiger partial charge on any atom is -0.381 e. The van der Waals surface area contributed by atoms with Gasteiger partial charge in [-0.3, -0.25) is 9.98 Å². The van der Waals surface area contributed by atoms with Crippen molar-refractivity contribution in [3.8, 4) is 0 Å². The Hall–Kier alpha value is -2.52. The molecule has 0 unspecified atom stereocenters. The highest BCUT2D eigenvalue weighted by Crippen LogP contribution is 2.47. The molecule has 6 rings (SSSR count). The number of fused-ring (bicyclic) bond motifs is 5. The molecule has 4 aliphatic rings. The van der Waals surface area contributed by atoms with Crippen molar-refractivity contribution in [3.63, 3.8) is 0 Å². The number of benzene rings is 1. The fourth-order valence-corrected chi connectivity index (χ4v) is 6.11. The molecule has 9 heteroatoms. The topological polar surface area (TPSA) is 84.5 Å². The van der Waals surface area contributed by atoms with Crippen LogP contribution in [0, 0.1) is 17.2 Å². The second-order valence-electron chi connectivity index (χ2n) is 9.85. The van der Waals surface area contributed by atoms with Gasteiger partial charge in [0.2, 0.25) is 5.58 Å². The normalized spacial score (nSPS) is 28.8. The van der Waals surface area contributed by atoms with E-state index in [4.69, 9.17) is 14.0 Å². The predicted molar refractivity (Wildman–Crippen MR) is 125 cm³/mol. The number of aromatic nitrogens is 1. The van der Waals surface area contributed by atoms with E-state index in [1.807, 2.05) is 25.4 Å². The lowest BCUT2D eigenvalue weighted by Gasteiger charge is -2.54. The van der Waals surface area contributed by atoms with Crippen LogP contribution in [0.1, 0.15) is 32.3 Å². The number of hydrogen-bond donors (Lipinski definition) is 1. The SMILES string of the molecule is C[C@@H]1CN2c3c(cc4c(NCC5CCOCC5)noc4c3F)CC3(C=NCN=C3)[C@H]2[C@H](C)O1. The van der Waals surface area contributed by atoms with Crippen molar-refractivity contribution in [2.75, 3.05) is 43.2 Å². The maximum absolute atomic E-state index is 16.0. The first-order chi connectivity index (χ1) is 16.1. The summed E-state index contributed by atoms with van der Waals surface area (Å²) in [5.41, 5.74) is 1.29. The molecule has 1 aromatic heterocycles. The number of halogens is 1. The zero-order valence-corrected chi connectivity index (χ0v) is 19.1. The Morgan fingerprint density at radius 3 is 2.79 bits per heavy atom. The highest BCUT2D eigenvalue weighted by Gasteiger charge is 2.52. The fraction of sp³-hybridized carbons (Fsp3) is 0.625. The molecule has 2 saturated heterocycles. The quantitative estimate of drug-likeness (QED) is 0.763. The van der Waals surface area contributed by atoms with Crippen molar-refractivity contribution < 1.29 is 18.4 Å². The van der Waals surface area contributed by atoms with Crippen molar-refractivity contribution in [3.05, 3.63) is 17.4 Å². The van der Waals surface area contributed by atoms with E-state index >= 15 is 4.39 Å². The van der Waals surface area contributed by atoms with Gasteiger partial charge in [-0.05, 0) is 50.7 Å². The monoisotopic (exact) mass is 455 g/mol. The van der Waals surface area contributed by atoms with Crippen molar-refractivity contribution >= 4 is 34.9 Å². The standard InChI is InChI=1S/C24H30FN5O3/c1-14-10-30-20-17(8-24(11-26-13-27-12-24)22(30)15(2)32-14)7-18-21(19(20)25)33-29-23(18)28-9-16-3-5-31-6-4-16/h7,11-12,14-16,22H,3-6,8-10,13H2,1-2H3,(H,28,29)/t14-,15+,22-/m1/s1. The van der Waals surface area contributed by atoms with Crippen LogP contribution in [-0.4, -0.2) is 68.8 Å². The zero-order valence-electron chi connectivity index (χ0n) is 19.1. The molecular weight excluding hydrogens is 425 g/mol. The van der Waals surface area contributed by atoms with Gasteiger partial charge in [-0.1, -0.05) is 5.16 Å². The van der Waals surface area contributed by atoms with Gasteiger partial charge in [0.1, 0.15) is 6.67 Å². The molecule has 4 aliphatic heterocycles. The van der Waals surface area contributed by atoms with E-state index in [0.717, 1.165) is 38.2 Å². The molecule has 5 heterocycles. The van der Waals surface area contributed by atoms with E-state index in [2.05, 4.69) is 32.3 Å². The molecule has 0 radical (unpaired) electrons. The number of morpholine rings is 1. The van der Waals surface area contributed by atoms with E-state index in [-0.39, 0.29) is 29.7 Å². The maximum Gasteiger partial charge on any atom is 0.206 e. The average Bonchev–Trinajstić information content (AvgIpc) is 3.21. The third-order valence-corrected chi connectivity index (χ3v) is 7.50. The van der Waals surface area contributed by atoms with Crippen LogP contribution in [0.15, 0.2) is 20.6 Å². The Balaban J connectivity index is 1.41. The largest absolute Gasteiger partial charge is 0.381 e. The van der Waals surface area contributed by atoms with Crippen LogP contribution in [0.5, 0.6) is 0 Å². The van der Waals surface area contributed by atoms with E-state index in [9.17, 15) is 0 Å². The lowest BCUT2D eigenvalue weighted by molar-refractivity contribution is -0.0432. The van der Waals surface area contributed by atoms with Gasteiger partial charge < -0.3 is 24.2 Å². The number of hydrogen-bond acceptors (Lipinski definition) is 8. The number of anilines is 2. The Morgan fingerprint density at radius 2 is 2.00 bits per heavy atom. The number of nitrogens with zero attached hydrogens (tertiary/aromatic N) is 4. The Bertz CT molecular complexity index is 1100. The van der Waals surface area contributed by atoms with Gasteiger partial charge >= 0.3 is 0 Å².